The van der Waals surface area contributed by atoms with Gasteiger partial charge in [-0.2, -0.15) is 0 Å². The number of rotatable bonds is 2. The van der Waals surface area contributed by atoms with E-state index in [4.69, 9.17) is 0 Å². The molecule has 0 saturated carbocycles. The minimum absolute atomic E-state index is 0.803. The largest absolute Gasteiger partial charge is 0.381 e. The van der Waals surface area contributed by atoms with E-state index in [1.54, 1.807) is 13.1 Å². The van der Waals surface area contributed by atoms with E-state index in [0.29, 0.717) is 0 Å². The highest BCUT2D eigenvalue weighted by Crippen LogP contribution is 2.29. The third kappa shape index (κ3) is 2.11. The van der Waals surface area contributed by atoms with Crippen LogP contribution in [0.25, 0.3) is 10.9 Å². The predicted octanol–water partition coefficient (Wildman–Crippen LogP) is 3.49. The molecular formula is C17H15NO. The van der Waals surface area contributed by atoms with E-state index in [9.17, 15) is 5.11 Å². The van der Waals surface area contributed by atoms with Gasteiger partial charge in [-0.15, -0.1) is 0 Å². The zero-order valence-corrected chi connectivity index (χ0v) is 10.7. The lowest BCUT2D eigenvalue weighted by Crippen LogP contribution is -2.22. The summed E-state index contributed by atoms with van der Waals surface area (Å²) in [6, 6.07) is 19.6. The standard InChI is InChI=1S/C17H15NO/c1-17(19,14-8-3-2-4-9-14)15-11-13-7-5-6-10-16(13)18-12-15/h2-12,19H,1H3/t17-/m1/s1. The van der Waals surface area contributed by atoms with Crippen molar-refractivity contribution in [3.05, 3.63) is 78.0 Å². The molecule has 0 radical (unpaired) electrons. The zero-order valence-electron chi connectivity index (χ0n) is 10.7. The van der Waals surface area contributed by atoms with Gasteiger partial charge in [-0.1, -0.05) is 48.5 Å². The van der Waals surface area contributed by atoms with Crippen LogP contribution in [0.5, 0.6) is 0 Å². The highest BCUT2D eigenvalue weighted by Gasteiger charge is 2.25. The number of para-hydroxylation sites is 1. The molecule has 1 aromatic heterocycles. The average Bonchev–Trinajstić information content (AvgIpc) is 2.47. The van der Waals surface area contributed by atoms with Crippen LogP contribution < -0.4 is 0 Å². The molecule has 0 spiro atoms. The number of pyridine rings is 1. The molecule has 2 nitrogen and oxygen atoms in total. The van der Waals surface area contributed by atoms with Crippen molar-refractivity contribution in [2.75, 3.05) is 0 Å². The highest BCUT2D eigenvalue weighted by molar-refractivity contribution is 5.79. The van der Waals surface area contributed by atoms with E-state index < -0.39 is 5.60 Å². The Balaban J connectivity index is 2.13. The summed E-state index contributed by atoms with van der Waals surface area (Å²) in [6.45, 7) is 1.80. The Morgan fingerprint density at radius 3 is 2.37 bits per heavy atom. The summed E-state index contributed by atoms with van der Waals surface area (Å²) >= 11 is 0. The first-order chi connectivity index (χ1) is 9.18. The molecule has 0 bridgehead atoms. The molecule has 0 aliphatic rings. The van der Waals surface area contributed by atoms with Gasteiger partial charge < -0.3 is 5.11 Å². The van der Waals surface area contributed by atoms with E-state index in [0.717, 1.165) is 22.0 Å². The Kier molecular flexibility index (Phi) is 2.80. The molecule has 0 amide bonds. The molecule has 3 rings (SSSR count). The Labute approximate surface area is 112 Å². The van der Waals surface area contributed by atoms with Crippen molar-refractivity contribution >= 4 is 10.9 Å². The molecular weight excluding hydrogens is 234 g/mol. The van der Waals surface area contributed by atoms with Gasteiger partial charge in [0.15, 0.2) is 0 Å². The zero-order chi connectivity index (χ0) is 13.3. The van der Waals surface area contributed by atoms with Crippen LogP contribution in [-0.2, 0) is 5.60 Å². The number of hydrogen-bond donors (Lipinski definition) is 1. The lowest BCUT2D eigenvalue weighted by molar-refractivity contribution is 0.102. The Morgan fingerprint density at radius 1 is 0.895 bits per heavy atom. The van der Waals surface area contributed by atoms with Crippen LogP contribution in [0.4, 0.5) is 0 Å². The summed E-state index contributed by atoms with van der Waals surface area (Å²) in [5.41, 5.74) is 1.58. The molecule has 1 heterocycles. The molecule has 2 aromatic carbocycles. The first-order valence-corrected chi connectivity index (χ1v) is 6.31. The number of benzene rings is 2. The summed E-state index contributed by atoms with van der Waals surface area (Å²) in [7, 11) is 0. The van der Waals surface area contributed by atoms with Gasteiger partial charge in [0.1, 0.15) is 5.60 Å². The summed E-state index contributed by atoms with van der Waals surface area (Å²) < 4.78 is 0. The van der Waals surface area contributed by atoms with Crippen molar-refractivity contribution in [2.45, 2.75) is 12.5 Å². The number of fused-ring (bicyclic) bond motifs is 1. The molecule has 19 heavy (non-hydrogen) atoms. The van der Waals surface area contributed by atoms with Gasteiger partial charge in [-0.25, -0.2) is 0 Å². The van der Waals surface area contributed by atoms with Crippen LogP contribution in [0, 0.1) is 0 Å². The van der Waals surface area contributed by atoms with E-state index in [-0.39, 0.29) is 0 Å². The second-order valence-corrected chi connectivity index (χ2v) is 4.85. The first kappa shape index (κ1) is 11.9. The van der Waals surface area contributed by atoms with Gasteiger partial charge in [0.25, 0.3) is 0 Å². The monoisotopic (exact) mass is 249 g/mol. The van der Waals surface area contributed by atoms with Gasteiger partial charge >= 0.3 is 0 Å². The summed E-state index contributed by atoms with van der Waals surface area (Å²) in [4.78, 5) is 4.41. The molecule has 1 N–H and O–H groups in total. The maximum atomic E-state index is 10.8. The molecule has 94 valence electrons. The fraction of sp³-hybridized carbons (Fsp3) is 0.118. The second-order valence-electron chi connectivity index (χ2n) is 4.85. The lowest BCUT2D eigenvalue weighted by Gasteiger charge is -2.24. The maximum Gasteiger partial charge on any atom is 0.113 e. The molecule has 2 heteroatoms. The Bertz CT molecular complexity index is 705. The lowest BCUT2D eigenvalue weighted by atomic mass is 9.89. The van der Waals surface area contributed by atoms with Crippen LogP contribution in [0.1, 0.15) is 18.1 Å². The van der Waals surface area contributed by atoms with Crippen molar-refractivity contribution in [2.24, 2.45) is 0 Å². The quantitative estimate of drug-likeness (QED) is 0.754. The molecule has 0 aliphatic heterocycles. The Morgan fingerprint density at radius 2 is 1.58 bits per heavy atom. The fourth-order valence-corrected chi connectivity index (χ4v) is 2.27. The van der Waals surface area contributed by atoms with Crippen molar-refractivity contribution in [3.63, 3.8) is 0 Å². The second kappa shape index (κ2) is 4.48. The van der Waals surface area contributed by atoms with Crippen molar-refractivity contribution in [1.29, 1.82) is 0 Å². The predicted molar refractivity (Wildman–Crippen MR) is 76.9 cm³/mol. The van der Waals surface area contributed by atoms with Gasteiger partial charge in [-0.3, -0.25) is 4.98 Å². The number of aliphatic hydroxyl groups is 1. The normalized spacial score (nSPS) is 14.2. The van der Waals surface area contributed by atoms with Crippen LogP contribution >= 0.6 is 0 Å². The molecule has 0 fully saturated rings. The summed E-state index contributed by atoms with van der Waals surface area (Å²) in [5.74, 6) is 0. The molecule has 0 saturated heterocycles. The average molecular weight is 249 g/mol. The summed E-state index contributed by atoms with van der Waals surface area (Å²) in [5, 5.41) is 11.8. The minimum Gasteiger partial charge on any atom is -0.381 e. The van der Waals surface area contributed by atoms with Gasteiger partial charge in [0.05, 0.1) is 5.52 Å². The topological polar surface area (TPSA) is 33.1 Å². The minimum atomic E-state index is -1.03. The van der Waals surface area contributed by atoms with Crippen molar-refractivity contribution < 1.29 is 5.11 Å². The molecule has 1 atom stereocenters. The third-order valence-corrected chi connectivity index (χ3v) is 3.49. The molecule has 0 aliphatic carbocycles. The fourth-order valence-electron chi connectivity index (χ4n) is 2.27. The van der Waals surface area contributed by atoms with Gasteiger partial charge in [0.2, 0.25) is 0 Å². The van der Waals surface area contributed by atoms with Crippen molar-refractivity contribution in [1.82, 2.24) is 4.98 Å². The van der Waals surface area contributed by atoms with E-state index >= 15 is 0 Å². The summed E-state index contributed by atoms with van der Waals surface area (Å²) in [6.07, 6.45) is 1.75. The molecule has 3 aromatic rings. The van der Waals surface area contributed by atoms with E-state index in [2.05, 4.69) is 4.98 Å². The number of hydrogen-bond acceptors (Lipinski definition) is 2. The van der Waals surface area contributed by atoms with Crippen LogP contribution in [0.15, 0.2) is 66.9 Å². The van der Waals surface area contributed by atoms with Crippen LogP contribution in [0.3, 0.4) is 0 Å². The Hall–Kier alpha value is -2.19. The van der Waals surface area contributed by atoms with E-state index in [1.165, 1.54) is 0 Å². The number of nitrogens with zero attached hydrogens (tertiary/aromatic N) is 1. The number of aromatic nitrogens is 1. The van der Waals surface area contributed by atoms with Gasteiger partial charge in [-0.05, 0) is 24.6 Å². The third-order valence-electron chi connectivity index (χ3n) is 3.49. The van der Waals surface area contributed by atoms with Crippen molar-refractivity contribution in [3.8, 4) is 0 Å². The smallest absolute Gasteiger partial charge is 0.113 e. The maximum absolute atomic E-state index is 10.8. The highest BCUT2D eigenvalue weighted by atomic mass is 16.3. The molecule has 0 unspecified atom stereocenters. The van der Waals surface area contributed by atoms with E-state index in [1.807, 2.05) is 60.7 Å². The van der Waals surface area contributed by atoms with Crippen LogP contribution in [-0.4, -0.2) is 10.1 Å². The van der Waals surface area contributed by atoms with Crippen LogP contribution in [0.2, 0.25) is 0 Å². The first-order valence-electron chi connectivity index (χ1n) is 6.31. The SMILES string of the molecule is C[C@@](O)(c1ccccc1)c1cnc2ccccc2c1. The van der Waals surface area contributed by atoms with Gasteiger partial charge in [0, 0.05) is 17.1 Å².